The van der Waals surface area contributed by atoms with Gasteiger partial charge in [0.1, 0.15) is 11.8 Å². The van der Waals surface area contributed by atoms with Gasteiger partial charge in [0.2, 0.25) is 0 Å². The molecule has 1 unspecified atom stereocenters. The average Bonchev–Trinajstić information content (AvgIpc) is 2.61. The highest BCUT2D eigenvalue weighted by molar-refractivity contribution is 5.95. The smallest absolute Gasteiger partial charge is 0.337 e. The van der Waals surface area contributed by atoms with Gasteiger partial charge >= 0.3 is 5.97 Å². The number of morpholine rings is 1. The Morgan fingerprint density at radius 3 is 2.50 bits per heavy atom. The van der Waals surface area contributed by atoms with Crippen molar-refractivity contribution < 1.29 is 19.4 Å². The summed E-state index contributed by atoms with van der Waals surface area (Å²) in [7, 11) is 0. The van der Waals surface area contributed by atoms with Crippen LogP contribution in [0.4, 0.5) is 0 Å². The molecule has 0 saturated carbocycles. The predicted molar refractivity (Wildman–Crippen MR) is 96.2 cm³/mol. The van der Waals surface area contributed by atoms with Crippen molar-refractivity contribution in [2.45, 2.75) is 32.4 Å². The van der Waals surface area contributed by atoms with Crippen molar-refractivity contribution in [3.05, 3.63) is 65.0 Å². The molecular weight excluding hydrogens is 332 g/mol. The zero-order chi connectivity index (χ0) is 18.9. The normalized spacial score (nSPS) is 19.2. The molecule has 6 nitrogen and oxygen atoms in total. The van der Waals surface area contributed by atoms with Crippen molar-refractivity contribution in [2.24, 2.45) is 0 Å². The Labute approximate surface area is 152 Å². The van der Waals surface area contributed by atoms with Gasteiger partial charge in [-0.3, -0.25) is 4.79 Å². The van der Waals surface area contributed by atoms with Crippen LogP contribution < -0.4 is 0 Å². The van der Waals surface area contributed by atoms with Gasteiger partial charge in [-0.15, -0.1) is 0 Å². The van der Waals surface area contributed by atoms with Gasteiger partial charge in [0.15, 0.2) is 0 Å². The molecule has 26 heavy (non-hydrogen) atoms. The van der Waals surface area contributed by atoms with Gasteiger partial charge in [0.25, 0.3) is 5.91 Å². The average molecular weight is 354 g/mol. The fourth-order valence-electron chi connectivity index (χ4n) is 3.12. The molecule has 1 amide bonds. The molecule has 0 radical (unpaired) electrons. The lowest BCUT2D eigenvalue weighted by molar-refractivity contribution is -0.0848. The molecule has 136 valence electrons. The molecule has 1 aliphatic rings. The number of carbonyl (C=O) groups excluding carboxylic acids is 1. The molecule has 2 aromatic rings. The number of aromatic nitrogens is 1. The Morgan fingerprint density at radius 2 is 1.88 bits per heavy atom. The molecule has 3 rings (SSSR count). The Morgan fingerprint density at radius 1 is 1.19 bits per heavy atom. The second-order valence-electron chi connectivity index (χ2n) is 7.07. The number of benzene rings is 1. The number of ether oxygens (including phenoxy) is 1. The van der Waals surface area contributed by atoms with Crippen molar-refractivity contribution in [3.63, 3.8) is 0 Å². The summed E-state index contributed by atoms with van der Waals surface area (Å²) in [6, 6.07) is 12.7. The quantitative estimate of drug-likeness (QED) is 0.916. The summed E-state index contributed by atoms with van der Waals surface area (Å²) in [6.45, 7) is 6.31. The third-order valence-corrected chi connectivity index (χ3v) is 4.67. The first kappa shape index (κ1) is 18.1. The molecule has 1 saturated heterocycles. The number of carboxylic acids is 1. The van der Waals surface area contributed by atoms with Crippen molar-refractivity contribution in [2.75, 3.05) is 13.2 Å². The van der Waals surface area contributed by atoms with Crippen LogP contribution in [-0.2, 0) is 4.74 Å². The molecule has 1 N–H and O–H groups in total. The monoisotopic (exact) mass is 354 g/mol. The lowest BCUT2D eigenvalue weighted by Crippen LogP contribution is -2.56. The highest BCUT2D eigenvalue weighted by Crippen LogP contribution is 2.31. The third kappa shape index (κ3) is 3.46. The molecule has 0 bridgehead atoms. The van der Waals surface area contributed by atoms with Crippen LogP contribution in [0.25, 0.3) is 0 Å². The van der Waals surface area contributed by atoms with E-state index in [1.807, 2.05) is 44.2 Å². The number of carbonyl (C=O) groups is 2. The van der Waals surface area contributed by atoms with Gasteiger partial charge in [-0.05, 0) is 38.5 Å². The summed E-state index contributed by atoms with van der Waals surface area (Å²) in [6.07, 6.45) is -0.201. The largest absolute Gasteiger partial charge is 0.478 e. The van der Waals surface area contributed by atoms with E-state index < -0.39 is 11.5 Å². The van der Waals surface area contributed by atoms with E-state index in [0.29, 0.717) is 18.8 Å². The number of carboxylic acid groups (broad SMARTS) is 1. The van der Waals surface area contributed by atoms with Crippen LogP contribution in [0.3, 0.4) is 0 Å². The first-order chi connectivity index (χ1) is 12.3. The zero-order valence-electron chi connectivity index (χ0n) is 15.1. The van der Waals surface area contributed by atoms with E-state index in [1.54, 1.807) is 11.8 Å². The maximum absolute atomic E-state index is 13.1. The minimum absolute atomic E-state index is 0.102. The van der Waals surface area contributed by atoms with Gasteiger partial charge in [0.05, 0.1) is 29.9 Å². The highest BCUT2D eigenvalue weighted by Gasteiger charge is 2.39. The maximum atomic E-state index is 13.1. The number of hydrogen-bond acceptors (Lipinski definition) is 4. The molecule has 0 aliphatic carbocycles. The summed E-state index contributed by atoms with van der Waals surface area (Å²) in [5.74, 6) is -1.27. The van der Waals surface area contributed by atoms with Gasteiger partial charge in [0, 0.05) is 0 Å². The summed E-state index contributed by atoms with van der Waals surface area (Å²) in [4.78, 5) is 30.2. The number of rotatable bonds is 3. The van der Waals surface area contributed by atoms with E-state index in [-0.39, 0.29) is 23.3 Å². The number of aryl methyl sites for hydroxylation is 1. The van der Waals surface area contributed by atoms with Crippen LogP contribution in [0.15, 0.2) is 42.5 Å². The molecule has 1 fully saturated rings. The Balaban J connectivity index is 1.88. The van der Waals surface area contributed by atoms with E-state index in [4.69, 9.17) is 9.84 Å². The summed E-state index contributed by atoms with van der Waals surface area (Å²) in [5.41, 5.74) is 1.21. The van der Waals surface area contributed by atoms with Crippen LogP contribution in [0.2, 0.25) is 0 Å². The van der Waals surface area contributed by atoms with Gasteiger partial charge in [-0.1, -0.05) is 30.3 Å². The van der Waals surface area contributed by atoms with Crippen LogP contribution >= 0.6 is 0 Å². The Hall–Kier alpha value is -2.73. The highest BCUT2D eigenvalue weighted by atomic mass is 16.5. The molecule has 6 heteroatoms. The number of hydrogen-bond donors (Lipinski definition) is 1. The summed E-state index contributed by atoms with van der Waals surface area (Å²) in [5, 5.41) is 9.14. The predicted octanol–water partition coefficient (Wildman–Crippen LogP) is 3.08. The lowest BCUT2D eigenvalue weighted by Gasteiger charge is -2.45. The fraction of sp³-hybridized carbons (Fsp3) is 0.350. The van der Waals surface area contributed by atoms with E-state index in [1.165, 1.54) is 12.1 Å². The SMILES string of the molecule is Cc1nc(C(=O)N2CC(c3ccccc3)OCC2(C)C)ccc1C(=O)O. The number of nitrogens with zero attached hydrogens (tertiary/aromatic N) is 2. The molecular formula is C20H22N2O4. The zero-order valence-corrected chi connectivity index (χ0v) is 15.1. The van der Waals surface area contributed by atoms with Gasteiger partial charge < -0.3 is 14.7 Å². The lowest BCUT2D eigenvalue weighted by atomic mass is 9.97. The standard InChI is InChI=1S/C20H22N2O4/c1-13-15(19(24)25)9-10-16(21-13)18(23)22-11-17(26-12-20(22,2)3)14-7-5-4-6-8-14/h4-10,17H,11-12H2,1-3H3,(H,24,25). The van der Waals surface area contributed by atoms with Crippen molar-refractivity contribution in [1.29, 1.82) is 0 Å². The minimum atomic E-state index is -1.05. The van der Waals surface area contributed by atoms with Crippen LogP contribution in [0, 0.1) is 6.92 Å². The Bertz CT molecular complexity index is 833. The number of aromatic carboxylic acids is 1. The van der Waals surface area contributed by atoms with Gasteiger partial charge in [-0.25, -0.2) is 9.78 Å². The van der Waals surface area contributed by atoms with E-state index in [2.05, 4.69) is 4.98 Å². The molecule has 0 spiro atoms. The fourth-order valence-corrected chi connectivity index (χ4v) is 3.12. The first-order valence-electron chi connectivity index (χ1n) is 8.49. The van der Waals surface area contributed by atoms with Crippen molar-refractivity contribution in [1.82, 2.24) is 9.88 Å². The second kappa shape index (κ2) is 6.88. The number of pyridine rings is 1. The van der Waals surface area contributed by atoms with Crippen LogP contribution in [0.5, 0.6) is 0 Å². The summed E-state index contributed by atoms with van der Waals surface area (Å²) >= 11 is 0. The second-order valence-corrected chi connectivity index (χ2v) is 7.07. The Kier molecular flexibility index (Phi) is 4.78. The molecule has 1 aromatic carbocycles. The van der Waals surface area contributed by atoms with E-state index in [9.17, 15) is 9.59 Å². The molecule has 1 aromatic heterocycles. The maximum Gasteiger partial charge on any atom is 0.337 e. The van der Waals surface area contributed by atoms with E-state index >= 15 is 0 Å². The molecule has 2 heterocycles. The first-order valence-corrected chi connectivity index (χ1v) is 8.49. The minimum Gasteiger partial charge on any atom is -0.478 e. The topological polar surface area (TPSA) is 79.7 Å². The van der Waals surface area contributed by atoms with Gasteiger partial charge in [-0.2, -0.15) is 0 Å². The molecule has 1 aliphatic heterocycles. The van der Waals surface area contributed by atoms with Crippen LogP contribution in [0.1, 0.15) is 52.1 Å². The van der Waals surface area contributed by atoms with Crippen LogP contribution in [-0.4, -0.2) is 45.6 Å². The van der Waals surface area contributed by atoms with Crippen molar-refractivity contribution >= 4 is 11.9 Å². The third-order valence-electron chi connectivity index (χ3n) is 4.67. The van der Waals surface area contributed by atoms with E-state index in [0.717, 1.165) is 5.56 Å². The van der Waals surface area contributed by atoms with Crippen molar-refractivity contribution in [3.8, 4) is 0 Å². The number of amides is 1. The summed E-state index contributed by atoms with van der Waals surface area (Å²) < 4.78 is 5.98. The molecule has 1 atom stereocenters.